The lowest BCUT2D eigenvalue weighted by Crippen LogP contribution is -1.97. The third-order valence-corrected chi connectivity index (χ3v) is 3.78. The average molecular weight is 333 g/mol. The Morgan fingerprint density at radius 2 is 1.60 bits per heavy atom. The standard InChI is InChI=1S/C20H15NO4/c22-12-13-25-18-10-8-15(9-11-18)16-4-3-5-17(14-16)19-6-1-2-7-20(19)21(23)24/h1-12,14H,13H2. The maximum absolute atomic E-state index is 11.2. The molecule has 0 bridgehead atoms. The van der Waals surface area contributed by atoms with Crippen LogP contribution in [0, 0.1) is 10.1 Å². The predicted octanol–water partition coefficient (Wildman–Crippen LogP) is 4.51. The Kier molecular flexibility index (Phi) is 4.85. The SMILES string of the molecule is O=CCOc1ccc(-c2cccc(-c3ccccc3[N+](=O)[O-])c2)cc1. The second-order valence-electron chi connectivity index (χ2n) is 5.36. The van der Waals surface area contributed by atoms with Crippen molar-refractivity contribution < 1.29 is 14.5 Å². The summed E-state index contributed by atoms with van der Waals surface area (Å²) in [5.74, 6) is 0.616. The molecule has 3 rings (SSSR count). The van der Waals surface area contributed by atoms with Crippen molar-refractivity contribution in [2.45, 2.75) is 0 Å². The van der Waals surface area contributed by atoms with Crippen molar-refractivity contribution in [1.29, 1.82) is 0 Å². The third-order valence-electron chi connectivity index (χ3n) is 3.78. The van der Waals surface area contributed by atoms with Gasteiger partial charge in [-0.2, -0.15) is 0 Å². The third kappa shape index (κ3) is 3.72. The molecule has 5 nitrogen and oxygen atoms in total. The maximum Gasteiger partial charge on any atom is 0.277 e. The largest absolute Gasteiger partial charge is 0.486 e. The van der Waals surface area contributed by atoms with Gasteiger partial charge in [0, 0.05) is 6.07 Å². The van der Waals surface area contributed by atoms with Crippen LogP contribution in [0.3, 0.4) is 0 Å². The van der Waals surface area contributed by atoms with Crippen LogP contribution in [0.25, 0.3) is 22.3 Å². The number of aldehydes is 1. The lowest BCUT2D eigenvalue weighted by Gasteiger charge is -2.08. The second-order valence-corrected chi connectivity index (χ2v) is 5.36. The maximum atomic E-state index is 11.2. The van der Waals surface area contributed by atoms with Gasteiger partial charge in [-0.3, -0.25) is 14.9 Å². The van der Waals surface area contributed by atoms with Crippen LogP contribution in [0.1, 0.15) is 0 Å². The van der Waals surface area contributed by atoms with Gasteiger partial charge in [-0.15, -0.1) is 0 Å². The minimum absolute atomic E-state index is 0.0203. The number of nitrogens with zero attached hydrogens (tertiary/aromatic N) is 1. The van der Waals surface area contributed by atoms with E-state index < -0.39 is 0 Å². The average Bonchev–Trinajstić information content (AvgIpc) is 2.67. The van der Waals surface area contributed by atoms with Gasteiger partial charge in [0.1, 0.15) is 12.4 Å². The fraction of sp³-hybridized carbons (Fsp3) is 0.0500. The Labute approximate surface area is 144 Å². The molecule has 0 saturated carbocycles. The van der Waals surface area contributed by atoms with Crippen molar-refractivity contribution in [1.82, 2.24) is 0 Å². The molecule has 0 unspecified atom stereocenters. The molecule has 124 valence electrons. The summed E-state index contributed by atoms with van der Waals surface area (Å²) in [5.41, 5.74) is 3.35. The van der Waals surface area contributed by atoms with E-state index in [9.17, 15) is 14.9 Å². The molecule has 25 heavy (non-hydrogen) atoms. The predicted molar refractivity (Wildman–Crippen MR) is 95.5 cm³/mol. The van der Waals surface area contributed by atoms with E-state index >= 15 is 0 Å². The van der Waals surface area contributed by atoms with Crippen LogP contribution < -0.4 is 4.74 Å². The highest BCUT2D eigenvalue weighted by atomic mass is 16.6. The number of rotatable bonds is 6. The van der Waals surface area contributed by atoms with Gasteiger partial charge in [-0.05, 0) is 41.0 Å². The highest BCUT2D eigenvalue weighted by Crippen LogP contribution is 2.32. The van der Waals surface area contributed by atoms with E-state index in [1.54, 1.807) is 30.3 Å². The summed E-state index contributed by atoms with van der Waals surface area (Å²) < 4.78 is 5.24. The van der Waals surface area contributed by atoms with Crippen LogP contribution >= 0.6 is 0 Å². The molecule has 3 aromatic carbocycles. The first-order chi connectivity index (χ1) is 12.2. The van der Waals surface area contributed by atoms with E-state index in [0.29, 0.717) is 17.6 Å². The summed E-state index contributed by atoms with van der Waals surface area (Å²) in [6.45, 7) is 0.0203. The zero-order valence-corrected chi connectivity index (χ0v) is 13.3. The Morgan fingerprint density at radius 3 is 2.32 bits per heavy atom. The number of carbonyl (C=O) groups is 1. The van der Waals surface area contributed by atoms with Crippen molar-refractivity contribution >= 4 is 12.0 Å². The summed E-state index contributed by atoms with van der Waals surface area (Å²) in [4.78, 5) is 21.2. The Morgan fingerprint density at radius 1 is 0.880 bits per heavy atom. The summed E-state index contributed by atoms with van der Waals surface area (Å²) >= 11 is 0. The number of nitro benzene ring substituents is 1. The zero-order valence-electron chi connectivity index (χ0n) is 13.3. The minimum atomic E-state index is -0.374. The molecule has 0 atom stereocenters. The molecule has 0 aromatic heterocycles. The van der Waals surface area contributed by atoms with E-state index in [1.165, 1.54) is 6.07 Å². The molecule has 0 aliphatic carbocycles. The summed E-state index contributed by atoms with van der Waals surface area (Å²) in [6, 6.07) is 21.6. The minimum Gasteiger partial charge on any atom is -0.486 e. The van der Waals surface area contributed by atoms with E-state index in [1.807, 2.05) is 36.4 Å². The van der Waals surface area contributed by atoms with Crippen LogP contribution in [0.4, 0.5) is 5.69 Å². The quantitative estimate of drug-likeness (QED) is 0.378. The number of benzene rings is 3. The summed E-state index contributed by atoms with van der Waals surface area (Å²) in [7, 11) is 0. The van der Waals surface area contributed by atoms with E-state index in [4.69, 9.17) is 4.74 Å². The van der Waals surface area contributed by atoms with Gasteiger partial charge in [-0.25, -0.2) is 0 Å². The molecule has 0 fully saturated rings. The van der Waals surface area contributed by atoms with Crippen molar-refractivity contribution in [3.63, 3.8) is 0 Å². The molecule has 0 aliphatic rings. The van der Waals surface area contributed by atoms with Crippen LogP contribution in [0.15, 0.2) is 72.8 Å². The lowest BCUT2D eigenvalue weighted by molar-refractivity contribution is -0.384. The van der Waals surface area contributed by atoms with Crippen molar-refractivity contribution in [3.05, 3.63) is 82.9 Å². The molecule has 5 heteroatoms. The fourth-order valence-corrected chi connectivity index (χ4v) is 2.62. The van der Waals surface area contributed by atoms with Gasteiger partial charge >= 0.3 is 0 Å². The van der Waals surface area contributed by atoms with Gasteiger partial charge in [0.15, 0.2) is 6.29 Å². The Hall–Kier alpha value is -3.47. The van der Waals surface area contributed by atoms with E-state index in [0.717, 1.165) is 16.7 Å². The van der Waals surface area contributed by atoms with Gasteiger partial charge in [-0.1, -0.05) is 42.5 Å². The first kappa shape index (κ1) is 16.4. The highest BCUT2D eigenvalue weighted by molar-refractivity contribution is 5.78. The molecular formula is C20H15NO4. The van der Waals surface area contributed by atoms with Crippen molar-refractivity contribution in [2.75, 3.05) is 6.61 Å². The summed E-state index contributed by atoms with van der Waals surface area (Å²) in [6.07, 6.45) is 0.699. The monoisotopic (exact) mass is 333 g/mol. The van der Waals surface area contributed by atoms with Crippen LogP contribution in [-0.2, 0) is 4.79 Å². The number of carbonyl (C=O) groups excluding carboxylic acids is 1. The molecule has 3 aromatic rings. The van der Waals surface area contributed by atoms with Crippen LogP contribution in [0.5, 0.6) is 5.75 Å². The number of hydrogen-bond donors (Lipinski definition) is 0. The molecule has 0 saturated heterocycles. The van der Waals surface area contributed by atoms with E-state index in [-0.39, 0.29) is 17.2 Å². The topological polar surface area (TPSA) is 69.4 Å². The van der Waals surface area contributed by atoms with Crippen LogP contribution in [-0.4, -0.2) is 17.8 Å². The first-order valence-corrected chi connectivity index (χ1v) is 7.70. The zero-order chi connectivity index (χ0) is 17.6. The molecule has 0 heterocycles. The smallest absolute Gasteiger partial charge is 0.277 e. The highest BCUT2D eigenvalue weighted by Gasteiger charge is 2.14. The normalized spacial score (nSPS) is 10.2. The Balaban J connectivity index is 1.95. The van der Waals surface area contributed by atoms with Crippen molar-refractivity contribution in [3.8, 4) is 28.0 Å². The van der Waals surface area contributed by atoms with Gasteiger partial charge < -0.3 is 4.74 Å². The number of nitro groups is 1. The van der Waals surface area contributed by atoms with E-state index in [2.05, 4.69) is 0 Å². The molecule has 0 aliphatic heterocycles. The molecule has 0 N–H and O–H groups in total. The van der Waals surface area contributed by atoms with Gasteiger partial charge in [0.2, 0.25) is 0 Å². The number of para-hydroxylation sites is 1. The first-order valence-electron chi connectivity index (χ1n) is 7.70. The van der Waals surface area contributed by atoms with Gasteiger partial charge in [0.05, 0.1) is 10.5 Å². The van der Waals surface area contributed by atoms with Gasteiger partial charge in [0.25, 0.3) is 5.69 Å². The lowest BCUT2D eigenvalue weighted by atomic mass is 9.98. The number of ether oxygens (including phenoxy) is 1. The molecule has 0 amide bonds. The molecule has 0 radical (unpaired) electrons. The molecular weight excluding hydrogens is 318 g/mol. The second kappa shape index (κ2) is 7.40. The van der Waals surface area contributed by atoms with Crippen molar-refractivity contribution in [2.24, 2.45) is 0 Å². The summed E-state index contributed by atoms with van der Waals surface area (Å²) in [5, 5.41) is 11.2. The van der Waals surface area contributed by atoms with Crippen LogP contribution in [0.2, 0.25) is 0 Å². The number of hydrogen-bond acceptors (Lipinski definition) is 4. The molecule has 0 spiro atoms. The Bertz CT molecular complexity index is 904. The fourth-order valence-electron chi connectivity index (χ4n) is 2.62.